The average Bonchev–Trinajstić information content (AvgIpc) is 2.71. The van der Waals surface area contributed by atoms with Crippen LogP contribution in [0.3, 0.4) is 0 Å². The van der Waals surface area contributed by atoms with Gasteiger partial charge in [-0.05, 0) is 38.5 Å². The summed E-state index contributed by atoms with van der Waals surface area (Å²) < 4.78 is 5.48. The van der Waals surface area contributed by atoms with Gasteiger partial charge in [-0.3, -0.25) is 9.78 Å². The van der Waals surface area contributed by atoms with Crippen molar-refractivity contribution in [1.82, 2.24) is 20.5 Å². The van der Waals surface area contributed by atoms with Crippen molar-refractivity contribution in [3.05, 3.63) is 58.4 Å². The topological polar surface area (TPSA) is 78.9 Å². The maximum atomic E-state index is 12.0. The number of carbonyl (C=O) groups excluding carboxylic acids is 1. The highest BCUT2D eigenvalue weighted by Crippen LogP contribution is 2.23. The van der Waals surface area contributed by atoms with Crippen LogP contribution in [0.4, 0.5) is 0 Å². The molecular weight excluding hydrogens is 493 g/mol. The van der Waals surface area contributed by atoms with E-state index in [9.17, 15) is 4.79 Å². The van der Waals surface area contributed by atoms with Gasteiger partial charge in [0.2, 0.25) is 0 Å². The van der Waals surface area contributed by atoms with Crippen LogP contribution in [0.25, 0.3) is 0 Å². The molecule has 0 bridgehead atoms. The van der Waals surface area contributed by atoms with E-state index in [2.05, 4.69) is 20.6 Å². The van der Waals surface area contributed by atoms with Gasteiger partial charge in [-0.15, -0.1) is 24.0 Å². The smallest absolute Gasteiger partial charge is 0.253 e. The number of nitrogens with one attached hydrogen (secondary N) is 2. The zero-order valence-electron chi connectivity index (χ0n) is 18.6. The standard InChI is InChI=1S/C22H31N5O2.HI/c1-7-23-22(26-14-19-16(3)20(29-6)15(2)12-24-19)25-13-17-8-10-18(11-9-17)21(28)27(4)5;/h8-12H,7,13-14H2,1-6H3,(H2,23,25,26);1H. The molecule has 7 nitrogen and oxygen atoms in total. The number of aryl methyl sites for hydroxylation is 1. The van der Waals surface area contributed by atoms with Crippen LogP contribution in [-0.2, 0) is 13.1 Å². The molecule has 2 N–H and O–H groups in total. The van der Waals surface area contributed by atoms with Gasteiger partial charge in [-0.1, -0.05) is 12.1 Å². The number of rotatable bonds is 7. The van der Waals surface area contributed by atoms with Crippen LogP contribution >= 0.6 is 24.0 Å². The number of benzene rings is 1. The van der Waals surface area contributed by atoms with E-state index in [1.54, 1.807) is 26.1 Å². The van der Waals surface area contributed by atoms with Crippen LogP contribution in [0.1, 0.15) is 39.7 Å². The highest BCUT2D eigenvalue weighted by atomic mass is 127. The first-order valence-electron chi connectivity index (χ1n) is 9.69. The molecule has 0 aliphatic carbocycles. The molecule has 0 spiro atoms. The van der Waals surface area contributed by atoms with Crippen molar-refractivity contribution in [2.75, 3.05) is 27.7 Å². The number of aliphatic imine (C=N–C) groups is 1. The molecule has 1 aromatic carbocycles. The zero-order valence-corrected chi connectivity index (χ0v) is 20.9. The number of pyridine rings is 1. The van der Waals surface area contributed by atoms with Gasteiger partial charge in [0.05, 0.1) is 25.9 Å². The Balaban J connectivity index is 0.00000450. The second-order valence-electron chi connectivity index (χ2n) is 6.99. The van der Waals surface area contributed by atoms with E-state index in [4.69, 9.17) is 4.74 Å². The predicted molar refractivity (Wildman–Crippen MR) is 132 cm³/mol. The van der Waals surface area contributed by atoms with Crippen molar-refractivity contribution in [2.45, 2.75) is 33.9 Å². The zero-order chi connectivity index (χ0) is 21.4. The van der Waals surface area contributed by atoms with Crippen LogP contribution in [0.15, 0.2) is 35.5 Å². The first-order chi connectivity index (χ1) is 13.9. The van der Waals surface area contributed by atoms with Gasteiger partial charge in [-0.25, -0.2) is 4.99 Å². The largest absolute Gasteiger partial charge is 0.496 e. The number of ether oxygens (including phenoxy) is 1. The SMILES string of the molecule is CCNC(=NCc1ccc(C(=O)N(C)C)cc1)NCc1ncc(C)c(OC)c1C.I. The summed E-state index contributed by atoms with van der Waals surface area (Å²) in [6, 6.07) is 7.53. The van der Waals surface area contributed by atoms with E-state index in [0.717, 1.165) is 34.7 Å². The molecule has 0 aliphatic rings. The summed E-state index contributed by atoms with van der Waals surface area (Å²) in [5.41, 5.74) is 4.67. The molecule has 0 fully saturated rings. The Morgan fingerprint density at radius 3 is 2.40 bits per heavy atom. The third-order valence-corrected chi connectivity index (χ3v) is 4.54. The molecule has 0 radical (unpaired) electrons. The van der Waals surface area contributed by atoms with Crippen LogP contribution < -0.4 is 15.4 Å². The minimum absolute atomic E-state index is 0. The number of nitrogens with zero attached hydrogens (tertiary/aromatic N) is 3. The van der Waals surface area contributed by atoms with Crippen LogP contribution in [-0.4, -0.2) is 49.5 Å². The first kappa shape index (κ1) is 25.7. The van der Waals surface area contributed by atoms with Gasteiger partial charge in [-0.2, -0.15) is 0 Å². The third kappa shape index (κ3) is 6.86. The Kier molecular flexibility index (Phi) is 10.6. The van der Waals surface area contributed by atoms with Crippen LogP contribution in [0.2, 0.25) is 0 Å². The number of amides is 1. The van der Waals surface area contributed by atoms with E-state index < -0.39 is 0 Å². The normalized spacial score (nSPS) is 10.8. The fourth-order valence-corrected chi connectivity index (χ4v) is 2.94. The highest BCUT2D eigenvalue weighted by molar-refractivity contribution is 14.0. The summed E-state index contributed by atoms with van der Waals surface area (Å²) in [6.45, 7) is 7.83. The Morgan fingerprint density at radius 2 is 1.83 bits per heavy atom. The molecule has 164 valence electrons. The Bertz CT molecular complexity index is 867. The highest BCUT2D eigenvalue weighted by Gasteiger charge is 2.10. The van der Waals surface area contributed by atoms with Gasteiger partial charge >= 0.3 is 0 Å². The molecule has 1 amide bonds. The van der Waals surface area contributed by atoms with Gasteiger partial charge in [0, 0.05) is 43.5 Å². The summed E-state index contributed by atoms with van der Waals surface area (Å²) >= 11 is 0. The lowest BCUT2D eigenvalue weighted by Gasteiger charge is -2.15. The molecule has 0 aliphatic heterocycles. The summed E-state index contributed by atoms with van der Waals surface area (Å²) in [6.07, 6.45) is 1.82. The number of guanidine groups is 1. The van der Waals surface area contributed by atoms with Crippen LogP contribution in [0.5, 0.6) is 5.75 Å². The Hall–Kier alpha value is -2.36. The van der Waals surface area contributed by atoms with Crippen molar-refractivity contribution in [3.63, 3.8) is 0 Å². The van der Waals surface area contributed by atoms with Crippen molar-refractivity contribution >= 4 is 35.8 Å². The number of methoxy groups -OCH3 is 1. The van der Waals surface area contributed by atoms with Crippen molar-refractivity contribution in [2.24, 2.45) is 4.99 Å². The average molecular weight is 525 g/mol. The molecule has 1 heterocycles. The van der Waals surface area contributed by atoms with Gasteiger partial charge in [0.15, 0.2) is 5.96 Å². The van der Waals surface area contributed by atoms with Gasteiger partial charge in [0.1, 0.15) is 5.75 Å². The quantitative estimate of drug-likeness (QED) is 0.330. The second-order valence-corrected chi connectivity index (χ2v) is 6.99. The van der Waals surface area contributed by atoms with E-state index in [1.165, 1.54) is 0 Å². The molecule has 0 saturated carbocycles. The summed E-state index contributed by atoms with van der Waals surface area (Å²) in [7, 11) is 5.17. The number of hydrogen-bond donors (Lipinski definition) is 2. The molecule has 0 atom stereocenters. The molecule has 0 saturated heterocycles. The second kappa shape index (κ2) is 12.4. The molecule has 8 heteroatoms. The lowest BCUT2D eigenvalue weighted by Crippen LogP contribution is -2.37. The van der Waals surface area contributed by atoms with E-state index in [0.29, 0.717) is 24.6 Å². The summed E-state index contributed by atoms with van der Waals surface area (Å²) in [5, 5.41) is 6.57. The lowest BCUT2D eigenvalue weighted by atomic mass is 10.1. The van der Waals surface area contributed by atoms with Crippen molar-refractivity contribution in [1.29, 1.82) is 0 Å². The Morgan fingerprint density at radius 1 is 1.17 bits per heavy atom. The number of carbonyl (C=O) groups is 1. The van der Waals surface area contributed by atoms with Crippen LogP contribution in [0, 0.1) is 13.8 Å². The molecule has 2 rings (SSSR count). The fourth-order valence-electron chi connectivity index (χ4n) is 2.94. The monoisotopic (exact) mass is 525 g/mol. The van der Waals surface area contributed by atoms with Crippen molar-refractivity contribution in [3.8, 4) is 5.75 Å². The lowest BCUT2D eigenvalue weighted by molar-refractivity contribution is 0.0827. The van der Waals surface area contributed by atoms with Gasteiger partial charge in [0.25, 0.3) is 5.91 Å². The molecule has 2 aromatic rings. The summed E-state index contributed by atoms with van der Waals surface area (Å²) in [4.78, 5) is 22.7. The van der Waals surface area contributed by atoms with Gasteiger partial charge < -0.3 is 20.3 Å². The maximum Gasteiger partial charge on any atom is 0.253 e. The number of aromatic nitrogens is 1. The summed E-state index contributed by atoms with van der Waals surface area (Å²) in [5.74, 6) is 1.57. The first-order valence-corrected chi connectivity index (χ1v) is 9.69. The molecule has 30 heavy (non-hydrogen) atoms. The van der Waals surface area contributed by atoms with E-state index in [1.807, 2.05) is 51.2 Å². The van der Waals surface area contributed by atoms with Crippen molar-refractivity contribution < 1.29 is 9.53 Å². The fraction of sp³-hybridized carbons (Fsp3) is 0.409. The van der Waals surface area contributed by atoms with E-state index in [-0.39, 0.29) is 29.9 Å². The minimum atomic E-state index is -0.00791. The third-order valence-electron chi connectivity index (χ3n) is 4.54. The minimum Gasteiger partial charge on any atom is -0.496 e. The maximum absolute atomic E-state index is 12.0. The predicted octanol–water partition coefficient (Wildman–Crippen LogP) is 3.28. The molecular formula is C22H32IN5O2. The number of halogens is 1. The molecule has 0 unspecified atom stereocenters. The molecule has 1 aromatic heterocycles. The number of hydrogen-bond acceptors (Lipinski definition) is 4. The Labute approximate surface area is 196 Å². The van der Waals surface area contributed by atoms with E-state index >= 15 is 0 Å².